The third kappa shape index (κ3) is 2.41. The minimum Gasteiger partial charge on any atom is -0.368 e. The van der Waals surface area contributed by atoms with Crippen LogP contribution in [0.3, 0.4) is 0 Å². The number of carbonyl (C=O) groups is 1. The van der Waals surface area contributed by atoms with E-state index in [2.05, 4.69) is 17.1 Å². The van der Waals surface area contributed by atoms with E-state index in [1.54, 1.807) is 0 Å². The largest absolute Gasteiger partial charge is 0.368 e. The second kappa shape index (κ2) is 5.57. The molecule has 2 rings (SSSR count). The highest BCUT2D eigenvalue weighted by Gasteiger charge is 2.45. The lowest BCUT2D eigenvalue weighted by atomic mass is 9.94. The van der Waals surface area contributed by atoms with Gasteiger partial charge in [0.15, 0.2) is 0 Å². The van der Waals surface area contributed by atoms with E-state index in [4.69, 9.17) is 5.73 Å². The SMILES string of the molecule is CCC1CCCCN1C1CCC(NC)(C(N)=O)C1. The lowest BCUT2D eigenvalue weighted by Crippen LogP contribution is -2.54. The molecular formula is C14H27N3O. The molecule has 104 valence electrons. The van der Waals surface area contributed by atoms with Gasteiger partial charge in [-0.1, -0.05) is 13.3 Å². The van der Waals surface area contributed by atoms with Gasteiger partial charge in [0.1, 0.15) is 0 Å². The molecule has 0 radical (unpaired) electrons. The summed E-state index contributed by atoms with van der Waals surface area (Å²) in [6.07, 6.45) is 8.06. The van der Waals surface area contributed by atoms with Crippen LogP contribution in [-0.2, 0) is 4.79 Å². The van der Waals surface area contributed by atoms with Crippen molar-refractivity contribution in [3.8, 4) is 0 Å². The Morgan fingerprint density at radius 1 is 1.44 bits per heavy atom. The van der Waals surface area contributed by atoms with Crippen LogP contribution in [0.15, 0.2) is 0 Å². The maximum Gasteiger partial charge on any atom is 0.237 e. The predicted octanol–water partition coefficient (Wildman–Crippen LogP) is 1.25. The molecule has 18 heavy (non-hydrogen) atoms. The summed E-state index contributed by atoms with van der Waals surface area (Å²) >= 11 is 0. The Morgan fingerprint density at radius 3 is 2.78 bits per heavy atom. The van der Waals surface area contributed by atoms with Crippen LogP contribution in [0.1, 0.15) is 51.9 Å². The van der Waals surface area contributed by atoms with E-state index in [9.17, 15) is 4.79 Å². The van der Waals surface area contributed by atoms with E-state index in [0.717, 1.165) is 19.3 Å². The van der Waals surface area contributed by atoms with Crippen LogP contribution in [0.4, 0.5) is 0 Å². The van der Waals surface area contributed by atoms with Gasteiger partial charge in [-0.05, 0) is 52.1 Å². The van der Waals surface area contributed by atoms with Crippen molar-refractivity contribution < 1.29 is 4.79 Å². The number of nitrogens with one attached hydrogen (secondary N) is 1. The van der Waals surface area contributed by atoms with E-state index in [-0.39, 0.29) is 5.91 Å². The molecule has 0 spiro atoms. The van der Waals surface area contributed by atoms with Crippen LogP contribution in [0.25, 0.3) is 0 Å². The normalized spacial score (nSPS) is 37.9. The molecule has 1 aliphatic heterocycles. The molecule has 0 aromatic carbocycles. The van der Waals surface area contributed by atoms with Gasteiger partial charge in [-0.3, -0.25) is 9.69 Å². The van der Waals surface area contributed by atoms with Gasteiger partial charge in [0.25, 0.3) is 0 Å². The molecule has 4 nitrogen and oxygen atoms in total. The fourth-order valence-corrected chi connectivity index (χ4v) is 3.82. The van der Waals surface area contributed by atoms with Crippen LogP contribution in [-0.4, -0.2) is 42.0 Å². The second-order valence-corrected chi connectivity index (χ2v) is 5.89. The number of carbonyl (C=O) groups excluding carboxylic acids is 1. The molecule has 3 atom stereocenters. The Hall–Kier alpha value is -0.610. The lowest BCUT2D eigenvalue weighted by molar-refractivity contribution is -0.124. The first-order valence-corrected chi connectivity index (χ1v) is 7.37. The molecule has 0 bridgehead atoms. The molecule has 0 aromatic rings. The maximum atomic E-state index is 11.7. The summed E-state index contributed by atoms with van der Waals surface area (Å²) in [5, 5.41) is 3.18. The zero-order valence-electron chi connectivity index (χ0n) is 11.7. The van der Waals surface area contributed by atoms with Gasteiger partial charge in [-0.2, -0.15) is 0 Å². The van der Waals surface area contributed by atoms with Crippen molar-refractivity contribution in [3.05, 3.63) is 0 Å². The zero-order valence-corrected chi connectivity index (χ0v) is 11.7. The Balaban J connectivity index is 2.05. The van der Waals surface area contributed by atoms with Crippen molar-refractivity contribution in [2.24, 2.45) is 5.73 Å². The monoisotopic (exact) mass is 253 g/mol. The smallest absolute Gasteiger partial charge is 0.237 e. The Morgan fingerprint density at radius 2 is 2.22 bits per heavy atom. The standard InChI is InChI=1S/C14H27N3O/c1-3-11-6-4-5-9-17(11)12-7-8-14(10-12,16-2)13(15)18/h11-12,16H,3-10H2,1-2H3,(H2,15,18). The minimum absolute atomic E-state index is 0.183. The number of piperidine rings is 1. The van der Waals surface area contributed by atoms with Gasteiger partial charge in [0.05, 0.1) is 5.54 Å². The van der Waals surface area contributed by atoms with Crippen molar-refractivity contribution in [3.63, 3.8) is 0 Å². The first kappa shape index (κ1) is 13.8. The summed E-state index contributed by atoms with van der Waals surface area (Å²) in [6, 6.07) is 1.25. The van der Waals surface area contributed by atoms with E-state index < -0.39 is 5.54 Å². The number of nitrogens with two attached hydrogens (primary N) is 1. The highest BCUT2D eigenvalue weighted by atomic mass is 16.1. The van der Waals surface area contributed by atoms with E-state index >= 15 is 0 Å². The van der Waals surface area contributed by atoms with Crippen molar-refractivity contribution in [2.45, 2.75) is 69.5 Å². The number of rotatable bonds is 4. The van der Waals surface area contributed by atoms with Gasteiger partial charge >= 0.3 is 0 Å². The molecule has 1 saturated heterocycles. The summed E-state index contributed by atoms with van der Waals surface area (Å²) in [4.78, 5) is 14.3. The molecule has 3 unspecified atom stereocenters. The Bertz CT molecular complexity index is 307. The number of amides is 1. The highest BCUT2D eigenvalue weighted by Crippen LogP contribution is 2.36. The molecule has 1 saturated carbocycles. The van der Waals surface area contributed by atoms with Crippen molar-refractivity contribution in [1.82, 2.24) is 10.2 Å². The van der Waals surface area contributed by atoms with Crippen LogP contribution in [0.5, 0.6) is 0 Å². The van der Waals surface area contributed by atoms with Crippen LogP contribution in [0.2, 0.25) is 0 Å². The van der Waals surface area contributed by atoms with Crippen molar-refractivity contribution in [2.75, 3.05) is 13.6 Å². The fraction of sp³-hybridized carbons (Fsp3) is 0.929. The van der Waals surface area contributed by atoms with Crippen LogP contribution in [0, 0.1) is 0 Å². The van der Waals surface area contributed by atoms with Crippen LogP contribution < -0.4 is 11.1 Å². The lowest BCUT2D eigenvalue weighted by Gasteiger charge is -2.40. The third-order valence-electron chi connectivity index (χ3n) is 5.05. The molecule has 3 N–H and O–H groups in total. The topological polar surface area (TPSA) is 58.4 Å². The Labute approximate surface area is 110 Å². The van der Waals surface area contributed by atoms with Crippen molar-refractivity contribution in [1.29, 1.82) is 0 Å². The predicted molar refractivity (Wildman–Crippen MR) is 73.3 cm³/mol. The summed E-state index contributed by atoms with van der Waals surface area (Å²) in [5.74, 6) is -0.183. The third-order valence-corrected chi connectivity index (χ3v) is 5.05. The first-order valence-electron chi connectivity index (χ1n) is 7.37. The number of hydrogen-bond acceptors (Lipinski definition) is 3. The minimum atomic E-state index is -0.458. The number of likely N-dealkylation sites (tertiary alicyclic amines) is 1. The van der Waals surface area contributed by atoms with Gasteiger partial charge in [-0.25, -0.2) is 0 Å². The maximum absolute atomic E-state index is 11.7. The van der Waals surface area contributed by atoms with Gasteiger partial charge < -0.3 is 11.1 Å². The second-order valence-electron chi connectivity index (χ2n) is 5.89. The van der Waals surface area contributed by atoms with E-state index in [1.807, 2.05) is 7.05 Å². The molecule has 1 heterocycles. The number of likely N-dealkylation sites (N-methyl/N-ethyl adjacent to an activating group) is 1. The average molecular weight is 253 g/mol. The summed E-state index contributed by atoms with van der Waals surface area (Å²) in [6.45, 7) is 3.47. The zero-order chi connectivity index (χ0) is 13.2. The molecule has 2 fully saturated rings. The molecule has 4 heteroatoms. The molecule has 1 amide bonds. The van der Waals surface area contributed by atoms with Crippen molar-refractivity contribution >= 4 is 5.91 Å². The molecular weight excluding hydrogens is 226 g/mol. The molecule has 0 aromatic heterocycles. The van der Waals surface area contributed by atoms with Crippen LogP contribution >= 0.6 is 0 Å². The molecule has 1 aliphatic carbocycles. The van der Waals surface area contributed by atoms with Gasteiger partial charge in [0.2, 0.25) is 5.91 Å². The average Bonchev–Trinajstić information content (AvgIpc) is 2.84. The Kier molecular flexibility index (Phi) is 4.28. The first-order chi connectivity index (χ1) is 8.63. The van der Waals surface area contributed by atoms with Gasteiger partial charge in [-0.15, -0.1) is 0 Å². The van der Waals surface area contributed by atoms with E-state index in [1.165, 1.54) is 32.2 Å². The number of primary amides is 1. The highest BCUT2D eigenvalue weighted by molar-refractivity contribution is 5.85. The summed E-state index contributed by atoms with van der Waals surface area (Å²) in [5.41, 5.74) is 5.12. The number of nitrogens with zero attached hydrogens (tertiary/aromatic N) is 1. The summed E-state index contributed by atoms with van der Waals surface area (Å²) in [7, 11) is 1.86. The molecule has 2 aliphatic rings. The number of hydrogen-bond donors (Lipinski definition) is 2. The van der Waals surface area contributed by atoms with E-state index in [0.29, 0.717) is 12.1 Å². The fourth-order valence-electron chi connectivity index (χ4n) is 3.82. The quantitative estimate of drug-likeness (QED) is 0.792. The van der Waals surface area contributed by atoms with Gasteiger partial charge in [0, 0.05) is 12.1 Å². The summed E-state index contributed by atoms with van der Waals surface area (Å²) < 4.78 is 0.